The van der Waals surface area contributed by atoms with Gasteiger partial charge in [0.15, 0.2) is 0 Å². The minimum Gasteiger partial charge on any atom is -0.341 e. The largest absolute Gasteiger partial charge is 0.341 e. The zero-order valence-corrected chi connectivity index (χ0v) is 15.5. The van der Waals surface area contributed by atoms with Gasteiger partial charge in [0, 0.05) is 43.7 Å². The molecule has 3 aromatic rings. The molecule has 1 fully saturated rings. The molecule has 0 aromatic carbocycles. The first-order valence-corrected chi connectivity index (χ1v) is 9.28. The maximum atomic E-state index is 12.2. The van der Waals surface area contributed by atoms with Crippen molar-refractivity contribution >= 4 is 17.5 Å². The summed E-state index contributed by atoms with van der Waals surface area (Å²) in [5.74, 6) is 1.10. The summed E-state index contributed by atoms with van der Waals surface area (Å²) in [4.78, 5) is 27.0. The van der Waals surface area contributed by atoms with Gasteiger partial charge in [-0.3, -0.25) is 9.78 Å². The highest BCUT2D eigenvalue weighted by Gasteiger charge is 2.22. The van der Waals surface area contributed by atoms with Gasteiger partial charge >= 0.3 is 0 Å². The van der Waals surface area contributed by atoms with Crippen LogP contribution in [0.1, 0.15) is 12.8 Å². The molecule has 3 aromatic heterocycles. The van der Waals surface area contributed by atoms with E-state index < -0.39 is 0 Å². The normalized spacial score (nSPS) is 15.1. The van der Waals surface area contributed by atoms with Crippen LogP contribution in [0.4, 0.5) is 5.95 Å². The lowest BCUT2D eigenvalue weighted by molar-refractivity contribution is 0.334. The number of piperidine rings is 1. The summed E-state index contributed by atoms with van der Waals surface area (Å²) in [5.41, 5.74) is 1.66. The molecule has 0 N–H and O–H groups in total. The van der Waals surface area contributed by atoms with E-state index in [-0.39, 0.29) is 5.56 Å². The number of rotatable bonds is 4. The highest BCUT2D eigenvalue weighted by atomic mass is 35.5. The number of anilines is 1. The molecule has 7 nitrogen and oxygen atoms in total. The lowest BCUT2D eigenvalue weighted by Crippen LogP contribution is -2.37. The van der Waals surface area contributed by atoms with Crippen LogP contribution >= 0.6 is 11.6 Å². The van der Waals surface area contributed by atoms with E-state index in [1.807, 2.05) is 12.1 Å². The van der Waals surface area contributed by atoms with E-state index in [2.05, 4.69) is 25.0 Å². The van der Waals surface area contributed by atoms with Gasteiger partial charge in [-0.05, 0) is 37.0 Å². The van der Waals surface area contributed by atoms with Gasteiger partial charge in [0.05, 0.1) is 23.1 Å². The number of hydrogen-bond donors (Lipinski definition) is 0. The summed E-state index contributed by atoms with van der Waals surface area (Å²) in [5, 5.41) is 5.08. The second-order valence-corrected chi connectivity index (χ2v) is 7.04. The molecule has 0 saturated carbocycles. The van der Waals surface area contributed by atoms with Crippen molar-refractivity contribution in [3.05, 3.63) is 64.4 Å². The molecule has 0 unspecified atom stereocenters. The van der Waals surface area contributed by atoms with Gasteiger partial charge in [0.25, 0.3) is 5.56 Å². The maximum Gasteiger partial charge on any atom is 0.266 e. The van der Waals surface area contributed by atoms with Crippen molar-refractivity contribution in [3.63, 3.8) is 0 Å². The third kappa shape index (κ3) is 4.14. The number of pyridine rings is 1. The minimum atomic E-state index is -0.0729. The van der Waals surface area contributed by atoms with E-state index in [1.54, 1.807) is 41.6 Å². The minimum absolute atomic E-state index is 0.0729. The second kappa shape index (κ2) is 7.84. The van der Waals surface area contributed by atoms with Crippen LogP contribution in [0, 0.1) is 5.92 Å². The van der Waals surface area contributed by atoms with Crippen molar-refractivity contribution in [2.45, 2.75) is 19.4 Å². The molecule has 0 amide bonds. The van der Waals surface area contributed by atoms with Gasteiger partial charge < -0.3 is 4.90 Å². The molecule has 0 aliphatic carbocycles. The third-order valence-corrected chi connectivity index (χ3v) is 4.97. The van der Waals surface area contributed by atoms with Crippen LogP contribution in [0.25, 0.3) is 11.3 Å². The fourth-order valence-electron chi connectivity index (χ4n) is 3.29. The van der Waals surface area contributed by atoms with E-state index in [9.17, 15) is 4.79 Å². The molecule has 1 aliphatic heterocycles. The van der Waals surface area contributed by atoms with Crippen LogP contribution in [0.2, 0.25) is 5.02 Å². The Morgan fingerprint density at radius 1 is 1.04 bits per heavy atom. The molecular formula is C19H19ClN6O. The van der Waals surface area contributed by atoms with E-state index in [0.717, 1.165) is 37.2 Å². The van der Waals surface area contributed by atoms with Crippen molar-refractivity contribution < 1.29 is 0 Å². The van der Waals surface area contributed by atoms with Crippen molar-refractivity contribution in [2.24, 2.45) is 5.92 Å². The van der Waals surface area contributed by atoms with Gasteiger partial charge in [-0.15, -0.1) is 0 Å². The highest BCUT2D eigenvalue weighted by Crippen LogP contribution is 2.22. The first-order valence-electron chi connectivity index (χ1n) is 8.90. The van der Waals surface area contributed by atoms with Gasteiger partial charge in [-0.1, -0.05) is 11.6 Å². The fraction of sp³-hybridized carbons (Fsp3) is 0.316. The first-order chi connectivity index (χ1) is 13.2. The van der Waals surface area contributed by atoms with Crippen molar-refractivity contribution in [1.82, 2.24) is 24.7 Å². The SMILES string of the molecule is O=c1ccc(-c2ccncc2)nn1CC1CCN(c2ncc(Cl)cn2)CC1. The van der Waals surface area contributed by atoms with Crippen molar-refractivity contribution in [2.75, 3.05) is 18.0 Å². The monoisotopic (exact) mass is 382 g/mol. The van der Waals surface area contributed by atoms with Crippen LogP contribution < -0.4 is 10.5 Å². The summed E-state index contributed by atoms with van der Waals surface area (Å²) >= 11 is 5.85. The molecule has 1 saturated heterocycles. The van der Waals surface area contributed by atoms with Crippen molar-refractivity contribution in [1.29, 1.82) is 0 Å². The van der Waals surface area contributed by atoms with Crippen LogP contribution in [-0.4, -0.2) is 37.8 Å². The summed E-state index contributed by atoms with van der Waals surface area (Å²) in [7, 11) is 0. The quantitative estimate of drug-likeness (QED) is 0.690. The Bertz CT molecular complexity index is 952. The highest BCUT2D eigenvalue weighted by molar-refractivity contribution is 6.30. The Labute approximate surface area is 161 Å². The van der Waals surface area contributed by atoms with Crippen LogP contribution in [0.3, 0.4) is 0 Å². The molecule has 0 spiro atoms. The van der Waals surface area contributed by atoms with Crippen LogP contribution in [0.5, 0.6) is 0 Å². The first kappa shape index (κ1) is 17.6. The molecule has 0 atom stereocenters. The Morgan fingerprint density at radius 2 is 1.74 bits per heavy atom. The average Bonchev–Trinajstić information content (AvgIpc) is 2.71. The smallest absolute Gasteiger partial charge is 0.266 e. The molecule has 4 heterocycles. The van der Waals surface area contributed by atoms with Gasteiger partial charge in [0.2, 0.25) is 5.95 Å². The number of aromatic nitrogens is 5. The second-order valence-electron chi connectivity index (χ2n) is 6.61. The molecule has 138 valence electrons. The maximum absolute atomic E-state index is 12.2. The molecule has 0 radical (unpaired) electrons. The standard InChI is InChI=1S/C19H19ClN6O/c20-16-11-22-19(23-12-16)25-9-5-14(6-10-25)13-26-18(27)2-1-17(24-26)15-3-7-21-8-4-15/h1-4,7-8,11-12,14H,5-6,9-10,13H2. The third-order valence-electron chi connectivity index (χ3n) is 4.78. The molecule has 27 heavy (non-hydrogen) atoms. The summed E-state index contributed by atoms with van der Waals surface area (Å²) in [6.45, 7) is 2.32. The van der Waals surface area contributed by atoms with Gasteiger partial charge in [0.1, 0.15) is 0 Å². The number of nitrogens with zero attached hydrogens (tertiary/aromatic N) is 6. The molecule has 1 aliphatic rings. The zero-order valence-electron chi connectivity index (χ0n) is 14.7. The van der Waals surface area contributed by atoms with E-state index in [0.29, 0.717) is 23.4 Å². The Morgan fingerprint density at radius 3 is 2.44 bits per heavy atom. The summed E-state index contributed by atoms with van der Waals surface area (Å²) in [6, 6.07) is 7.12. The number of halogens is 1. The van der Waals surface area contributed by atoms with E-state index in [1.165, 1.54) is 0 Å². The van der Waals surface area contributed by atoms with E-state index >= 15 is 0 Å². The zero-order chi connectivity index (χ0) is 18.6. The number of hydrogen-bond acceptors (Lipinski definition) is 6. The summed E-state index contributed by atoms with van der Waals surface area (Å²) in [6.07, 6.45) is 8.59. The molecule has 8 heteroatoms. The van der Waals surface area contributed by atoms with Crippen LogP contribution in [0.15, 0.2) is 53.8 Å². The molecule has 4 rings (SSSR count). The van der Waals surface area contributed by atoms with Gasteiger partial charge in [-0.2, -0.15) is 5.10 Å². The van der Waals surface area contributed by atoms with Gasteiger partial charge in [-0.25, -0.2) is 14.6 Å². The topological polar surface area (TPSA) is 76.8 Å². The Kier molecular flexibility index (Phi) is 5.11. The van der Waals surface area contributed by atoms with E-state index in [4.69, 9.17) is 11.6 Å². The van der Waals surface area contributed by atoms with Crippen molar-refractivity contribution in [3.8, 4) is 11.3 Å². The Balaban J connectivity index is 1.43. The molecule has 0 bridgehead atoms. The lowest BCUT2D eigenvalue weighted by Gasteiger charge is -2.31. The predicted octanol–water partition coefficient (Wildman–Crippen LogP) is 2.67. The molecular weight excluding hydrogens is 364 g/mol. The lowest BCUT2D eigenvalue weighted by atomic mass is 9.97. The summed E-state index contributed by atoms with van der Waals surface area (Å²) < 4.78 is 1.58. The van der Waals surface area contributed by atoms with Crippen LogP contribution in [-0.2, 0) is 6.54 Å². The average molecular weight is 383 g/mol. The fourth-order valence-corrected chi connectivity index (χ4v) is 3.38. The Hall–Kier alpha value is -2.80. The predicted molar refractivity (Wildman–Crippen MR) is 104 cm³/mol.